The third kappa shape index (κ3) is 3.58. The average Bonchev–Trinajstić information content (AvgIpc) is 2.81. The second kappa shape index (κ2) is 8.39. The number of hydrogen-bond acceptors (Lipinski definition) is 5. The van der Waals surface area contributed by atoms with Crippen molar-refractivity contribution in [3.63, 3.8) is 0 Å². The fourth-order valence-corrected chi connectivity index (χ4v) is 5.36. The Morgan fingerprint density at radius 1 is 1.03 bits per heavy atom. The Labute approximate surface area is 186 Å². The molecule has 0 saturated carbocycles. The van der Waals surface area contributed by atoms with E-state index >= 15 is 0 Å². The maximum absolute atomic E-state index is 13.1. The Kier molecular flexibility index (Phi) is 5.63. The molecule has 0 fully saturated rings. The van der Waals surface area contributed by atoms with E-state index in [1.807, 2.05) is 0 Å². The highest BCUT2D eigenvalue weighted by Gasteiger charge is 2.34. The summed E-state index contributed by atoms with van der Waals surface area (Å²) >= 11 is 0. The number of sulfonamides is 1. The van der Waals surface area contributed by atoms with Gasteiger partial charge in [-0.1, -0.05) is 24.3 Å². The number of rotatable bonds is 6. The zero-order valence-electron chi connectivity index (χ0n) is 17.7. The summed E-state index contributed by atoms with van der Waals surface area (Å²) in [6.07, 6.45) is 1.53. The molecular weight excluding hydrogens is 428 g/mol. The van der Waals surface area contributed by atoms with Crippen molar-refractivity contribution in [1.82, 2.24) is 0 Å². The molecule has 0 bridgehead atoms. The van der Waals surface area contributed by atoms with Crippen LogP contribution in [0, 0.1) is 0 Å². The summed E-state index contributed by atoms with van der Waals surface area (Å²) in [5, 5.41) is 2.84. The van der Waals surface area contributed by atoms with E-state index in [9.17, 15) is 13.2 Å². The summed E-state index contributed by atoms with van der Waals surface area (Å²) in [6, 6.07) is 16.8. The van der Waals surface area contributed by atoms with Gasteiger partial charge in [-0.25, -0.2) is 8.42 Å². The van der Waals surface area contributed by atoms with Gasteiger partial charge in [0.05, 0.1) is 37.0 Å². The molecule has 164 valence electrons. The van der Waals surface area contributed by atoms with Crippen molar-refractivity contribution in [2.45, 2.75) is 4.90 Å². The summed E-state index contributed by atoms with van der Waals surface area (Å²) in [6.45, 7) is 3.80. The van der Waals surface area contributed by atoms with Gasteiger partial charge < -0.3 is 14.8 Å². The lowest BCUT2D eigenvalue weighted by molar-refractivity contribution is 0.102. The number of carbonyl (C=O) groups excluding carboxylic acids is 1. The molecule has 0 unspecified atom stereocenters. The molecule has 1 aliphatic heterocycles. The van der Waals surface area contributed by atoms with Gasteiger partial charge in [0.25, 0.3) is 15.9 Å². The van der Waals surface area contributed by atoms with E-state index in [-0.39, 0.29) is 17.3 Å². The van der Waals surface area contributed by atoms with Crippen molar-refractivity contribution in [2.75, 3.05) is 30.4 Å². The summed E-state index contributed by atoms with van der Waals surface area (Å²) in [7, 11) is -0.671. The monoisotopic (exact) mass is 450 g/mol. The molecule has 0 saturated heterocycles. The Hall–Kier alpha value is -3.78. The van der Waals surface area contributed by atoms with Gasteiger partial charge >= 0.3 is 0 Å². The van der Waals surface area contributed by atoms with Gasteiger partial charge in [-0.3, -0.25) is 9.10 Å². The molecule has 8 heteroatoms. The van der Waals surface area contributed by atoms with E-state index in [4.69, 9.17) is 9.47 Å². The first-order valence-electron chi connectivity index (χ1n) is 9.81. The zero-order valence-corrected chi connectivity index (χ0v) is 18.5. The fraction of sp³-hybridized carbons (Fsp3) is 0.125. The van der Waals surface area contributed by atoms with Crippen molar-refractivity contribution >= 4 is 27.3 Å². The first-order valence-corrected chi connectivity index (χ1v) is 11.2. The standard InChI is InChI=1S/C24H22N2O5S/c1-4-13-26-21-11-9-16(14-19(21)18-7-5-6-8-23(18)32(26,28)29)24(27)25-20-15-17(30-2)10-12-22(20)31-3/h4-12,14-15H,1,13H2,2-3H3,(H,25,27). The van der Waals surface area contributed by atoms with Gasteiger partial charge in [-0.15, -0.1) is 6.58 Å². The van der Waals surface area contributed by atoms with Crippen LogP contribution < -0.4 is 19.1 Å². The number of nitrogens with one attached hydrogen (secondary N) is 1. The van der Waals surface area contributed by atoms with Crippen LogP contribution in [-0.2, 0) is 10.0 Å². The topological polar surface area (TPSA) is 84.9 Å². The molecule has 0 spiro atoms. The first kappa shape index (κ1) is 21.5. The molecule has 1 aliphatic rings. The molecule has 1 amide bonds. The number of amides is 1. The van der Waals surface area contributed by atoms with Crippen LogP contribution >= 0.6 is 0 Å². The lowest BCUT2D eigenvalue weighted by Crippen LogP contribution is -2.34. The Morgan fingerprint density at radius 3 is 2.53 bits per heavy atom. The fourth-order valence-electron chi connectivity index (χ4n) is 3.69. The highest BCUT2D eigenvalue weighted by atomic mass is 32.2. The second-order valence-corrected chi connectivity index (χ2v) is 8.90. The summed E-state index contributed by atoms with van der Waals surface area (Å²) in [4.78, 5) is 13.3. The van der Waals surface area contributed by atoms with E-state index in [0.717, 1.165) is 0 Å². The largest absolute Gasteiger partial charge is 0.497 e. The van der Waals surface area contributed by atoms with Crippen LogP contribution in [0.5, 0.6) is 11.5 Å². The van der Waals surface area contributed by atoms with Crippen molar-refractivity contribution in [3.8, 4) is 22.6 Å². The van der Waals surface area contributed by atoms with Crippen LogP contribution in [-0.4, -0.2) is 35.1 Å². The quantitative estimate of drug-likeness (QED) is 0.566. The lowest BCUT2D eigenvalue weighted by atomic mass is 10.00. The van der Waals surface area contributed by atoms with E-state index in [1.165, 1.54) is 24.6 Å². The van der Waals surface area contributed by atoms with Crippen molar-refractivity contribution in [3.05, 3.63) is 78.9 Å². The molecule has 0 radical (unpaired) electrons. The summed E-state index contributed by atoms with van der Waals surface area (Å²) < 4.78 is 38.1. The molecule has 3 aromatic rings. The average molecular weight is 451 g/mol. The number of anilines is 2. The molecular formula is C24H22N2O5S. The number of carbonyl (C=O) groups is 1. The summed E-state index contributed by atoms with van der Waals surface area (Å²) in [5.74, 6) is 0.706. The molecule has 0 aromatic heterocycles. The number of fused-ring (bicyclic) bond motifs is 3. The third-order valence-corrected chi connectivity index (χ3v) is 7.06. The number of hydrogen-bond donors (Lipinski definition) is 1. The van der Waals surface area contributed by atoms with Crippen molar-refractivity contribution in [2.24, 2.45) is 0 Å². The van der Waals surface area contributed by atoms with Gasteiger partial charge in [0.1, 0.15) is 11.5 Å². The van der Waals surface area contributed by atoms with Crippen LogP contribution in [0.2, 0.25) is 0 Å². The Balaban J connectivity index is 1.78. The van der Waals surface area contributed by atoms with Gasteiger partial charge in [-0.05, 0) is 36.4 Å². The minimum atomic E-state index is -3.73. The highest BCUT2D eigenvalue weighted by molar-refractivity contribution is 7.93. The molecule has 7 nitrogen and oxygen atoms in total. The third-order valence-electron chi connectivity index (χ3n) is 5.22. The van der Waals surface area contributed by atoms with E-state index in [1.54, 1.807) is 60.7 Å². The number of ether oxygens (including phenoxy) is 2. The Bertz CT molecular complexity index is 1320. The predicted octanol–water partition coefficient (Wildman–Crippen LogP) is 4.32. The molecule has 3 aromatic carbocycles. The zero-order chi connectivity index (χ0) is 22.9. The maximum Gasteiger partial charge on any atom is 0.265 e. The normalized spacial score (nSPS) is 13.5. The smallest absolute Gasteiger partial charge is 0.265 e. The SMILES string of the molecule is C=CCN1c2ccc(C(=O)Nc3cc(OC)ccc3OC)cc2-c2ccccc2S1(=O)=O. The van der Waals surface area contributed by atoms with Gasteiger partial charge in [0, 0.05) is 22.8 Å². The van der Waals surface area contributed by atoms with Gasteiger partial charge in [0.2, 0.25) is 0 Å². The molecule has 1 heterocycles. The van der Waals surface area contributed by atoms with Crippen molar-refractivity contribution in [1.29, 1.82) is 0 Å². The van der Waals surface area contributed by atoms with Crippen LogP contribution in [0.1, 0.15) is 10.4 Å². The second-order valence-electron chi connectivity index (χ2n) is 7.07. The minimum absolute atomic E-state index is 0.121. The van der Waals surface area contributed by atoms with Crippen molar-refractivity contribution < 1.29 is 22.7 Å². The van der Waals surface area contributed by atoms with Crippen LogP contribution in [0.15, 0.2) is 78.2 Å². The van der Waals surface area contributed by atoms with E-state index in [2.05, 4.69) is 11.9 Å². The maximum atomic E-state index is 13.1. The van der Waals surface area contributed by atoms with Crippen LogP contribution in [0.4, 0.5) is 11.4 Å². The van der Waals surface area contributed by atoms with E-state index in [0.29, 0.717) is 39.6 Å². The van der Waals surface area contributed by atoms with Gasteiger partial charge in [-0.2, -0.15) is 0 Å². The highest BCUT2D eigenvalue weighted by Crippen LogP contribution is 2.43. The van der Waals surface area contributed by atoms with E-state index < -0.39 is 10.0 Å². The lowest BCUT2D eigenvalue weighted by Gasteiger charge is -2.31. The number of benzene rings is 3. The number of nitrogens with zero attached hydrogens (tertiary/aromatic N) is 1. The van der Waals surface area contributed by atoms with Crippen LogP contribution in [0.25, 0.3) is 11.1 Å². The molecule has 0 aliphatic carbocycles. The summed E-state index contributed by atoms with van der Waals surface area (Å²) in [5.41, 5.74) is 2.55. The number of methoxy groups -OCH3 is 2. The Morgan fingerprint density at radius 2 is 1.81 bits per heavy atom. The van der Waals surface area contributed by atoms with Crippen LogP contribution in [0.3, 0.4) is 0 Å². The molecule has 4 rings (SSSR count). The predicted molar refractivity (Wildman–Crippen MR) is 124 cm³/mol. The minimum Gasteiger partial charge on any atom is -0.497 e. The molecule has 32 heavy (non-hydrogen) atoms. The molecule has 1 N–H and O–H groups in total. The first-order chi connectivity index (χ1) is 15.4. The molecule has 0 atom stereocenters. The van der Waals surface area contributed by atoms with Gasteiger partial charge in [0.15, 0.2) is 0 Å².